The van der Waals surface area contributed by atoms with Crippen LogP contribution in [0.25, 0.3) is 0 Å². The molecule has 0 saturated carbocycles. The van der Waals surface area contributed by atoms with Crippen LogP contribution in [-0.2, 0) is 0 Å². The molecule has 0 saturated heterocycles. The van der Waals surface area contributed by atoms with Crippen LogP contribution in [0.15, 0.2) is 29.8 Å². The molecule has 1 aromatic heterocycles. The van der Waals surface area contributed by atoms with Crippen LogP contribution in [-0.4, -0.2) is 10.9 Å². The highest BCUT2D eigenvalue weighted by Gasteiger charge is 2.19. The van der Waals surface area contributed by atoms with Crippen molar-refractivity contribution in [1.29, 1.82) is 0 Å². The zero-order valence-corrected chi connectivity index (χ0v) is 11.0. The van der Waals surface area contributed by atoms with Crippen LogP contribution in [0.4, 0.5) is 8.78 Å². The van der Waals surface area contributed by atoms with Crippen molar-refractivity contribution in [2.45, 2.75) is 19.4 Å². The molecule has 3 nitrogen and oxygen atoms in total. The summed E-state index contributed by atoms with van der Waals surface area (Å²) in [6.07, 6.45) is 2.26. The first-order valence-electron chi connectivity index (χ1n) is 5.77. The summed E-state index contributed by atoms with van der Waals surface area (Å²) in [5, 5.41) is 5.20. The Morgan fingerprint density at radius 2 is 2.26 bits per heavy atom. The number of thiazole rings is 1. The Morgan fingerprint density at radius 3 is 2.89 bits per heavy atom. The van der Waals surface area contributed by atoms with E-state index in [4.69, 9.17) is 0 Å². The zero-order chi connectivity index (χ0) is 13.8. The number of hydrogen-bond donors (Lipinski definition) is 1. The molecule has 0 aliphatic heterocycles. The van der Waals surface area contributed by atoms with E-state index in [9.17, 15) is 13.6 Å². The van der Waals surface area contributed by atoms with Gasteiger partial charge in [-0.2, -0.15) is 0 Å². The molecule has 19 heavy (non-hydrogen) atoms. The van der Waals surface area contributed by atoms with Crippen molar-refractivity contribution >= 4 is 17.2 Å². The topological polar surface area (TPSA) is 42.0 Å². The van der Waals surface area contributed by atoms with E-state index in [1.807, 2.05) is 6.92 Å². The maximum absolute atomic E-state index is 13.5. The van der Waals surface area contributed by atoms with Gasteiger partial charge in [0.15, 0.2) is 11.6 Å². The maximum Gasteiger partial charge on any atom is 0.254 e. The predicted octanol–water partition coefficient (Wildman–Crippen LogP) is 3.30. The molecule has 100 valence electrons. The molecule has 2 rings (SSSR count). The monoisotopic (exact) mass is 282 g/mol. The zero-order valence-electron chi connectivity index (χ0n) is 10.2. The molecule has 1 aromatic carbocycles. The summed E-state index contributed by atoms with van der Waals surface area (Å²) in [4.78, 5) is 16.1. The third kappa shape index (κ3) is 2.96. The molecule has 0 aliphatic carbocycles. The molecule has 1 amide bonds. The molecule has 6 heteroatoms. The van der Waals surface area contributed by atoms with Crippen LogP contribution in [0, 0.1) is 11.6 Å². The van der Waals surface area contributed by atoms with Crippen LogP contribution >= 0.6 is 11.3 Å². The number of nitrogens with one attached hydrogen (secondary N) is 1. The van der Waals surface area contributed by atoms with Crippen molar-refractivity contribution < 1.29 is 13.6 Å². The van der Waals surface area contributed by atoms with Gasteiger partial charge in [-0.15, -0.1) is 11.3 Å². The minimum Gasteiger partial charge on any atom is -0.343 e. The third-order valence-corrected chi connectivity index (χ3v) is 3.55. The Hall–Kier alpha value is -1.82. The number of amides is 1. The van der Waals surface area contributed by atoms with Gasteiger partial charge in [0.25, 0.3) is 5.91 Å². The smallest absolute Gasteiger partial charge is 0.254 e. The fourth-order valence-corrected chi connectivity index (χ4v) is 2.43. The lowest BCUT2D eigenvalue weighted by Crippen LogP contribution is -2.29. The van der Waals surface area contributed by atoms with Crippen molar-refractivity contribution in [3.63, 3.8) is 0 Å². The first kappa shape index (κ1) is 13.6. The van der Waals surface area contributed by atoms with Gasteiger partial charge in [0, 0.05) is 11.6 Å². The lowest BCUT2D eigenvalue weighted by molar-refractivity contribution is 0.0930. The van der Waals surface area contributed by atoms with Gasteiger partial charge >= 0.3 is 0 Å². The van der Waals surface area contributed by atoms with Crippen molar-refractivity contribution in [2.24, 2.45) is 0 Å². The molecule has 0 aliphatic rings. The minimum atomic E-state index is -1.13. The summed E-state index contributed by atoms with van der Waals surface area (Å²) in [6, 6.07) is 3.24. The van der Waals surface area contributed by atoms with E-state index < -0.39 is 17.5 Å². The average molecular weight is 282 g/mol. The maximum atomic E-state index is 13.5. The van der Waals surface area contributed by atoms with Crippen molar-refractivity contribution in [3.05, 3.63) is 52.0 Å². The van der Waals surface area contributed by atoms with Gasteiger partial charge in [0.1, 0.15) is 5.01 Å². The molecule has 2 aromatic rings. The summed E-state index contributed by atoms with van der Waals surface area (Å²) < 4.78 is 26.6. The van der Waals surface area contributed by atoms with Gasteiger partial charge in [-0.05, 0) is 18.6 Å². The first-order chi connectivity index (χ1) is 9.13. The molecule has 1 N–H and O–H groups in total. The highest BCUT2D eigenvalue weighted by Crippen LogP contribution is 2.20. The SMILES string of the molecule is CCC(NC(=O)c1cccc(F)c1F)c1nccs1. The first-order valence-corrected chi connectivity index (χ1v) is 6.65. The third-order valence-electron chi connectivity index (χ3n) is 2.66. The number of carbonyl (C=O) groups excluding carboxylic acids is 1. The second-order valence-corrected chi connectivity index (χ2v) is 4.83. The fourth-order valence-electron chi connectivity index (χ4n) is 1.66. The average Bonchev–Trinajstić information content (AvgIpc) is 2.92. The number of hydrogen-bond acceptors (Lipinski definition) is 3. The standard InChI is InChI=1S/C13H12F2N2OS/c1-2-10(13-16-6-7-19-13)17-12(18)8-4-3-5-9(14)11(8)15/h3-7,10H,2H2,1H3,(H,17,18). The van der Waals surface area contributed by atoms with E-state index in [1.165, 1.54) is 23.5 Å². The Morgan fingerprint density at radius 1 is 1.47 bits per heavy atom. The Bertz CT molecular complexity index is 572. The predicted molar refractivity (Wildman–Crippen MR) is 69.0 cm³/mol. The molecule has 1 unspecified atom stereocenters. The summed E-state index contributed by atoms with van der Waals surface area (Å²) >= 11 is 1.41. The molecule has 0 fully saturated rings. The highest BCUT2D eigenvalue weighted by atomic mass is 32.1. The van der Waals surface area contributed by atoms with E-state index in [-0.39, 0.29) is 11.6 Å². The lowest BCUT2D eigenvalue weighted by atomic mass is 10.1. The van der Waals surface area contributed by atoms with Gasteiger partial charge in [-0.25, -0.2) is 13.8 Å². The van der Waals surface area contributed by atoms with Gasteiger partial charge in [-0.1, -0.05) is 13.0 Å². The highest BCUT2D eigenvalue weighted by molar-refractivity contribution is 7.09. The molecular weight excluding hydrogens is 270 g/mol. The number of benzene rings is 1. The minimum absolute atomic E-state index is 0.296. The Balaban J connectivity index is 2.18. The fraction of sp³-hybridized carbons (Fsp3) is 0.231. The van der Waals surface area contributed by atoms with Crippen LogP contribution < -0.4 is 5.32 Å². The van der Waals surface area contributed by atoms with Gasteiger partial charge < -0.3 is 5.32 Å². The summed E-state index contributed by atoms with van der Waals surface area (Å²) in [7, 11) is 0. The van der Waals surface area contributed by atoms with E-state index in [0.29, 0.717) is 6.42 Å². The molecule has 0 bridgehead atoms. The van der Waals surface area contributed by atoms with Crippen LogP contribution in [0.1, 0.15) is 34.8 Å². The lowest BCUT2D eigenvalue weighted by Gasteiger charge is -2.14. The van der Waals surface area contributed by atoms with Crippen LogP contribution in [0.5, 0.6) is 0 Å². The van der Waals surface area contributed by atoms with Gasteiger partial charge in [0.05, 0.1) is 11.6 Å². The Labute approximate surface area is 113 Å². The largest absolute Gasteiger partial charge is 0.343 e. The summed E-state index contributed by atoms with van der Waals surface area (Å²) in [6.45, 7) is 1.88. The number of halogens is 2. The number of aromatic nitrogens is 1. The molecule has 1 atom stereocenters. The van der Waals surface area contributed by atoms with Crippen molar-refractivity contribution in [1.82, 2.24) is 10.3 Å². The molecule has 1 heterocycles. The molecule has 0 spiro atoms. The van der Waals surface area contributed by atoms with Gasteiger partial charge in [0.2, 0.25) is 0 Å². The van der Waals surface area contributed by atoms with Crippen LogP contribution in [0.3, 0.4) is 0 Å². The molecule has 0 radical (unpaired) electrons. The van der Waals surface area contributed by atoms with Crippen molar-refractivity contribution in [2.75, 3.05) is 0 Å². The van der Waals surface area contributed by atoms with Crippen LogP contribution in [0.2, 0.25) is 0 Å². The van der Waals surface area contributed by atoms with E-state index in [0.717, 1.165) is 11.1 Å². The number of nitrogens with zero attached hydrogens (tertiary/aromatic N) is 1. The summed E-state index contributed by atoms with van der Waals surface area (Å²) in [5.74, 6) is -2.80. The second-order valence-electron chi connectivity index (χ2n) is 3.91. The molecular formula is C13H12F2N2OS. The summed E-state index contributed by atoms with van der Waals surface area (Å²) in [5.41, 5.74) is -0.296. The van der Waals surface area contributed by atoms with E-state index >= 15 is 0 Å². The van der Waals surface area contributed by atoms with E-state index in [2.05, 4.69) is 10.3 Å². The Kier molecular flexibility index (Phi) is 4.21. The van der Waals surface area contributed by atoms with Gasteiger partial charge in [-0.3, -0.25) is 4.79 Å². The normalized spacial score (nSPS) is 12.2. The van der Waals surface area contributed by atoms with Crippen molar-refractivity contribution in [3.8, 4) is 0 Å². The second kappa shape index (κ2) is 5.88. The van der Waals surface area contributed by atoms with E-state index in [1.54, 1.807) is 11.6 Å². The quantitative estimate of drug-likeness (QED) is 0.935. The number of rotatable bonds is 4. The number of carbonyl (C=O) groups is 1.